The Labute approximate surface area is 209 Å². The lowest BCUT2D eigenvalue weighted by molar-refractivity contribution is -0.384. The largest absolute Gasteiger partial charge is 0.342 e. The van der Waals surface area contributed by atoms with E-state index in [0.29, 0.717) is 5.02 Å². The van der Waals surface area contributed by atoms with E-state index in [1.165, 1.54) is 12.1 Å². The summed E-state index contributed by atoms with van der Waals surface area (Å²) in [5, 5.41) is 13.7. The number of hydrogen-bond acceptors (Lipinski definition) is 5. The second kappa shape index (κ2) is 10.1. The molecule has 0 aliphatic carbocycles. The molecule has 3 aromatic carbocycles. The number of hydroxylamine groups is 1. The molecule has 0 N–H and O–H groups in total. The van der Waals surface area contributed by atoms with Gasteiger partial charge in [0.25, 0.3) is 5.69 Å². The van der Waals surface area contributed by atoms with Crippen LogP contribution >= 0.6 is 11.6 Å². The van der Waals surface area contributed by atoms with Gasteiger partial charge in [0.15, 0.2) is 0 Å². The molecule has 2 fully saturated rings. The highest BCUT2D eigenvalue weighted by Gasteiger charge is 2.50. The van der Waals surface area contributed by atoms with Crippen molar-refractivity contribution in [2.24, 2.45) is 5.92 Å². The molecule has 180 valence electrons. The SMILES string of the molecule is O=C([C@H]1[C@H](c2ccc(Cl)cc2)ON(c2ccccc2)[C@H]1c1ccc([N+](=O)[O-])cc1)N1CCCCC1. The second-order valence-electron chi connectivity index (χ2n) is 8.94. The first-order chi connectivity index (χ1) is 17.0. The van der Waals surface area contributed by atoms with Gasteiger partial charge in [0.2, 0.25) is 5.91 Å². The smallest absolute Gasteiger partial charge is 0.269 e. The standard InChI is InChI=1S/C27H26ClN3O4/c28-21-13-9-20(10-14-21)26-24(27(32)29-17-5-2-6-18-29)25(19-11-15-23(16-12-19)31(33)34)30(35-26)22-7-3-1-4-8-22/h1,3-4,7-16,24-26H,2,5-6,17-18H2/t24-,25+,26+/m1/s1. The molecule has 3 aromatic rings. The summed E-state index contributed by atoms with van der Waals surface area (Å²) >= 11 is 6.15. The van der Waals surface area contributed by atoms with E-state index in [4.69, 9.17) is 16.4 Å². The second-order valence-corrected chi connectivity index (χ2v) is 9.38. The summed E-state index contributed by atoms with van der Waals surface area (Å²) in [6.07, 6.45) is 2.54. The van der Waals surface area contributed by atoms with Crippen molar-refractivity contribution < 1.29 is 14.6 Å². The molecule has 0 radical (unpaired) electrons. The predicted octanol–water partition coefficient (Wildman–Crippen LogP) is 6.11. The Bertz CT molecular complexity index is 1180. The third kappa shape index (κ3) is 4.74. The third-order valence-corrected chi connectivity index (χ3v) is 7.01. The molecule has 1 amide bonds. The van der Waals surface area contributed by atoms with Gasteiger partial charge in [0.1, 0.15) is 6.10 Å². The molecule has 35 heavy (non-hydrogen) atoms. The fraction of sp³-hybridized carbons (Fsp3) is 0.296. The number of benzene rings is 3. The average Bonchev–Trinajstić information content (AvgIpc) is 3.30. The van der Waals surface area contributed by atoms with Crippen molar-refractivity contribution in [2.75, 3.05) is 18.2 Å². The zero-order valence-electron chi connectivity index (χ0n) is 19.1. The molecule has 2 heterocycles. The summed E-state index contributed by atoms with van der Waals surface area (Å²) in [5.74, 6) is -0.512. The molecule has 2 aliphatic heterocycles. The van der Waals surface area contributed by atoms with E-state index in [1.807, 2.05) is 47.4 Å². The molecule has 0 unspecified atom stereocenters. The Hall–Kier alpha value is -3.42. The van der Waals surface area contributed by atoms with Gasteiger partial charge in [0, 0.05) is 30.2 Å². The van der Waals surface area contributed by atoms with E-state index < -0.39 is 23.0 Å². The van der Waals surface area contributed by atoms with Crippen molar-refractivity contribution >= 4 is 28.9 Å². The maximum atomic E-state index is 14.1. The first kappa shape index (κ1) is 23.3. The summed E-state index contributed by atoms with van der Waals surface area (Å²) in [6, 6.07) is 23.0. The zero-order valence-corrected chi connectivity index (χ0v) is 19.9. The quantitative estimate of drug-likeness (QED) is 0.318. The van der Waals surface area contributed by atoms with Gasteiger partial charge < -0.3 is 4.90 Å². The third-order valence-electron chi connectivity index (χ3n) is 6.75. The highest BCUT2D eigenvalue weighted by molar-refractivity contribution is 6.30. The van der Waals surface area contributed by atoms with Crippen LogP contribution < -0.4 is 5.06 Å². The van der Waals surface area contributed by atoms with Crippen molar-refractivity contribution in [3.8, 4) is 0 Å². The average molecular weight is 492 g/mol. The van der Waals surface area contributed by atoms with Gasteiger partial charge in [-0.15, -0.1) is 0 Å². The van der Waals surface area contributed by atoms with Gasteiger partial charge in [0.05, 0.1) is 22.6 Å². The number of nitrogens with zero attached hydrogens (tertiary/aromatic N) is 3. The molecule has 2 saturated heterocycles. The molecule has 0 spiro atoms. The van der Waals surface area contributed by atoms with Crippen LogP contribution in [-0.2, 0) is 9.63 Å². The topological polar surface area (TPSA) is 75.9 Å². The highest BCUT2D eigenvalue weighted by atomic mass is 35.5. The van der Waals surface area contributed by atoms with Crippen molar-refractivity contribution in [1.82, 2.24) is 4.90 Å². The zero-order chi connectivity index (χ0) is 24.4. The van der Waals surface area contributed by atoms with Crippen LogP contribution in [0.1, 0.15) is 42.5 Å². The number of anilines is 1. The molecule has 7 nitrogen and oxygen atoms in total. The number of piperidine rings is 1. The monoisotopic (exact) mass is 491 g/mol. The van der Waals surface area contributed by atoms with Gasteiger partial charge in [-0.2, -0.15) is 0 Å². The van der Waals surface area contributed by atoms with Crippen molar-refractivity contribution in [3.05, 3.63) is 105 Å². The van der Waals surface area contributed by atoms with Crippen LogP contribution in [0.4, 0.5) is 11.4 Å². The fourth-order valence-electron chi connectivity index (χ4n) is 5.01. The van der Waals surface area contributed by atoms with E-state index in [9.17, 15) is 14.9 Å². The van der Waals surface area contributed by atoms with E-state index in [0.717, 1.165) is 49.2 Å². The van der Waals surface area contributed by atoms with Gasteiger partial charge in [-0.3, -0.25) is 19.7 Å². The molecular formula is C27H26ClN3O4. The van der Waals surface area contributed by atoms with E-state index >= 15 is 0 Å². The molecule has 3 atom stereocenters. The molecule has 0 bridgehead atoms. The number of halogens is 1. The minimum atomic E-state index is -0.545. The Morgan fingerprint density at radius 3 is 2.14 bits per heavy atom. The molecule has 2 aliphatic rings. The normalized spacial score (nSPS) is 22.3. The first-order valence-electron chi connectivity index (χ1n) is 11.8. The number of nitro groups is 1. The number of nitro benzene ring substituents is 1. The van der Waals surface area contributed by atoms with Crippen LogP contribution in [-0.4, -0.2) is 28.8 Å². The Morgan fingerprint density at radius 2 is 1.51 bits per heavy atom. The van der Waals surface area contributed by atoms with Gasteiger partial charge in [-0.05, 0) is 54.7 Å². The summed E-state index contributed by atoms with van der Waals surface area (Å²) in [6.45, 7) is 1.45. The molecular weight excluding hydrogens is 466 g/mol. The molecule has 0 saturated carbocycles. The number of carbonyl (C=O) groups excluding carboxylic acids is 1. The van der Waals surface area contributed by atoms with Crippen LogP contribution in [0.5, 0.6) is 0 Å². The maximum absolute atomic E-state index is 14.1. The van der Waals surface area contributed by atoms with E-state index in [-0.39, 0.29) is 11.6 Å². The van der Waals surface area contributed by atoms with Crippen LogP contribution in [0.25, 0.3) is 0 Å². The molecule has 5 rings (SSSR count). The van der Waals surface area contributed by atoms with Crippen molar-refractivity contribution in [1.29, 1.82) is 0 Å². The number of rotatable bonds is 5. The summed E-state index contributed by atoms with van der Waals surface area (Å²) in [5.41, 5.74) is 2.46. The summed E-state index contributed by atoms with van der Waals surface area (Å²) in [4.78, 5) is 33.4. The number of hydrogen-bond donors (Lipinski definition) is 0. The molecule has 8 heteroatoms. The molecule has 0 aromatic heterocycles. The number of carbonyl (C=O) groups is 1. The Kier molecular flexibility index (Phi) is 6.70. The first-order valence-corrected chi connectivity index (χ1v) is 12.2. The van der Waals surface area contributed by atoms with E-state index in [1.54, 1.807) is 29.3 Å². The Morgan fingerprint density at radius 1 is 0.886 bits per heavy atom. The van der Waals surface area contributed by atoms with Crippen LogP contribution in [0.15, 0.2) is 78.9 Å². The number of amides is 1. The van der Waals surface area contributed by atoms with Gasteiger partial charge in [-0.1, -0.05) is 54.1 Å². The van der Waals surface area contributed by atoms with Crippen LogP contribution in [0, 0.1) is 16.0 Å². The number of non-ortho nitro benzene ring substituents is 1. The summed E-state index contributed by atoms with van der Waals surface area (Å²) in [7, 11) is 0. The number of para-hydroxylation sites is 1. The Balaban J connectivity index is 1.62. The van der Waals surface area contributed by atoms with E-state index in [2.05, 4.69) is 0 Å². The predicted molar refractivity (Wildman–Crippen MR) is 134 cm³/mol. The van der Waals surface area contributed by atoms with Crippen LogP contribution in [0.3, 0.4) is 0 Å². The minimum Gasteiger partial charge on any atom is -0.342 e. The minimum absolute atomic E-state index is 0.00656. The van der Waals surface area contributed by atoms with Crippen LogP contribution in [0.2, 0.25) is 5.02 Å². The van der Waals surface area contributed by atoms with Crippen molar-refractivity contribution in [2.45, 2.75) is 31.4 Å². The fourth-order valence-corrected chi connectivity index (χ4v) is 5.13. The highest BCUT2D eigenvalue weighted by Crippen LogP contribution is 2.50. The lowest BCUT2D eigenvalue weighted by Crippen LogP contribution is -2.42. The van der Waals surface area contributed by atoms with Crippen molar-refractivity contribution in [3.63, 3.8) is 0 Å². The summed E-state index contributed by atoms with van der Waals surface area (Å²) < 4.78 is 0. The number of likely N-dealkylation sites (tertiary alicyclic amines) is 1. The lowest BCUT2D eigenvalue weighted by atomic mass is 9.84. The van der Waals surface area contributed by atoms with Gasteiger partial charge >= 0.3 is 0 Å². The maximum Gasteiger partial charge on any atom is 0.269 e. The van der Waals surface area contributed by atoms with Gasteiger partial charge in [-0.25, -0.2) is 5.06 Å². The lowest BCUT2D eigenvalue weighted by Gasteiger charge is -2.33.